The van der Waals surface area contributed by atoms with Gasteiger partial charge in [0, 0.05) is 38.5 Å². The van der Waals surface area contributed by atoms with Crippen molar-refractivity contribution >= 4 is 20.2 Å². The highest BCUT2D eigenvalue weighted by Gasteiger charge is 2.39. The molecule has 3 N–H and O–H groups in total. The summed E-state index contributed by atoms with van der Waals surface area (Å²) in [5.41, 5.74) is 12.3. The molecule has 6 unspecified atom stereocenters. The Kier molecular flexibility index (Phi) is 34.5. The lowest BCUT2D eigenvalue weighted by molar-refractivity contribution is -0.914. The summed E-state index contributed by atoms with van der Waals surface area (Å²) in [6, 6.07) is 30.4. The number of aryl methyl sites for hydroxylation is 2. The summed E-state index contributed by atoms with van der Waals surface area (Å²) in [4.78, 5) is 3.86. The summed E-state index contributed by atoms with van der Waals surface area (Å²) < 4.78 is 163. The van der Waals surface area contributed by atoms with Gasteiger partial charge in [0.15, 0.2) is 69.0 Å². The molecule has 0 aromatic heterocycles. The maximum Gasteiger partial charge on any atom is 0.203 e. The number of hydrogen-bond acceptors (Lipinski definition) is 24. The van der Waals surface area contributed by atoms with Crippen LogP contribution in [-0.4, -0.2) is 195 Å². The predicted molar refractivity (Wildman–Crippen MR) is 421 cm³/mol. The fraction of sp³-hybridized carbons (Fsp3) is 0.422. The summed E-state index contributed by atoms with van der Waals surface area (Å²) in [6.45, 7) is 6.69. The second-order valence-electron chi connectivity index (χ2n) is 26.6. The molecule has 620 valence electrons. The van der Waals surface area contributed by atoms with Crippen molar-refractivity contribution in [2.75, 3.05) is 169 Å². The molecule has 0 bridgehead atoms. The van der Waals surface area contributed by atoms with Gasteiger partial charge in [-0.05, 0) is 126 Å². The minimum absolute atomic E-state index is 0. The molecule has 0 radical (unpaired) electrons. The van der Waals surface area contributed by atoms with E-state index in [0.717, 1.165) is 120 Å². The number of hydrogen-bond donors (Lipinski definition) is 3. The van der Waals surface area contributed by atoms with E-state index in [0.29, 0.717) is 86.2 Å². The number of nitrogens with one attached hydrogen (secondary N) is 3. The van der Waals surface area contributed by atoms with E-state index in [-0.39, 0.29) is 40.3 Å². The highest BCUT2D eigenvalue weighted by molar-refractivity contribution is 7.86. The molecule has 113 heavy (non-hydrogen) atoms. The van der Waals surface area contributed by atoms with Crippen LogP contribution in [0.4, 0.5) is 0 Å². The van der Waals surface area contributed by atoms with E-state index in [2.05, 4.69) is 39.3 Å². The van der Waals surface area contributed by atoms with Gasteiger partial charge in [-0.15, -0.1) is 0 Å². The van der Waals surface area contributed by atoms with Crippen LogP contribution in [0.5, 0.6) is 103 Å². The number of halogens is 1. The molecular formula is C83H110ClN3O24S2. The van der Waals surface area contributed by atoms with Gasteiger partial charge in [-0.3, -0.25) is 0 Å². The van der Waals surface area contributed by atoms with E-state index in [9.17, 15) is 25.9 Å². The largest absolute Gasteiger partial charge is 1.00 e. The summed E-state index contributed by atoms with van der Waals surface area (Å²) in [6.07, 6.45) is 5.18. The third-order valence-electron chi connectivity index (χ3n) is 20.2. The Morgan fingerprint density at radius 3 is 0.646 bits per heavy atom. The molecular weight excluding hydrogens is 1520 g/mol. The van der Waals surface area contributed by atoms with Crippen LogP contribution < -0.4 is 112 Å². The third-order valence-corrected chi connectivity index (χ3v) is 21.9. The normalized spacial score (nSPS) is 16.3. The number of benzene rings is 8. The van der Waals surface area contributed by atoms with Gasteiger partial charge in [0.25, 0.3) is 0 Å². The molecule has 0 amide bonds. The highest BCUT2D eigenvalue weighted by Crippen LogP contribution is 2.50. The van der Waals surface area contributed by atoms with Crippen LogP contribution in [0.2, 0.25) is 0 Å². The van der Waals surface area contributed by atoms with Gasteiger partial charge in [-0.1, -0.05) is 35.4 Å². The van der Waals surface area contributed by atoms with E-state index in [1.54, 1.807) is 152 Å². The summed E-state index contributed by atoms with van der Waals surface area (Å²) >= 11 is 0. The maximum absolute atomic E-state index is 10.4. The van der Waals surface area contributed by atoms with Gasteiger partial charge < -0.3 is 121 Å². The fourth-order valence-corrected chi connectivity index (χ4v) is 15.4. The molecule has 8 aromatic rings. The lowest BCUT2D eigenvalue weighted by atomic mass is 9.87. The fourth-order valence-electron chi connectivity index (χ4n) is 14.4. The first-order chi connectivity index (χ1) is 53.6. The molecule has 27 nitrogen and oxygen atoms in total. The zero-order chi connectivity index (χ0) is 82.5. The van der Waals surface area contributed by atoms with E-state index < -0.39 is 20.2 Å². The first-order valence-corrected chi connectivity index (χ1v) is 38.7. The maximum atomic E-state index is 10.4. The van der Waals surface area contributed by atoms with Crippen LogP contribution in [0, 0.1) is 13.8 Å². The Balaban J connectivity index is 0.000000231. The summed E-state index contributed by atoms with van der Waals surface area (Å²) in [5.74, 6) is 11.9. The molecule has 0 spiro atoms. The lowest BCUT2D eigenvalue weighted by Gasteiger charge is -2.34. The molecule has 3 aliphatic heterocycles. The van der Waals surface area contributed by atoms with Crippen LogP contribution >= 0.6 is 0 Å². The van der Waals surface area contributed by atoms with Crippen molar-refractivity contribution in [2.24, 2.45) is 0 Å². The Morgan fingerprint density at radius 1 is 0.292 bits per heavy atom. The van der Waals surface area contributed by atoms with Gasteiger partial charge in [0.1, 0.15) is 38.4 Å². The van der Waals surface area contributed by atoms with Crippen LogP contribution in [0.15, 0.2) is 113 Å². The Hall–Kier alpha value is -9.85. The first-order valence-electron chi connectivity index (χ1n) is 35.9. The number of quaternary nitrogens is 3. The second kappa shape index (κ2) is 42.3. The van der Waals surface area contributed by atoms with E-state index in [4.69, 9.17) is 85.3 Å². The van der Waals surface area contributed by atoms with Crippen LogP contribution in [0.1, 0.15) is 79.3 Å². The zero-order valence-corrected chi connectivity index (χ0v) is 71.3. The highest BCUT2D eigenvalue weighted by atomic mass is 35.5. The molecule has 6 atom stereocenters. The molecule has 3 aliphatic rings. The van der Waals surface area contributed by atoms with E-state index in [1.807, 2.05) is 50.2 Å². The molecule has 3 heterocycles. The topological polar surface area (TPSA) is 294 Å². The van der Waals surface area contributed by atoms with Gasteiger partial charge in [-0.25, -0.2) is 16.8 Å². The second-order valence-corrected chi connectivity index (χ2v) is 29.4. The molecule has 0 aliphatic carbocycles. The van der Waals surface area contributed by atoms with Crippen molar-refractivity contribution in [3.8, 4) is 103 Å². The van der Waals surface area contributed by atoms with E-state index in [1.165, 1.54) is 55.7 Å². The van der Waals surface area contributed by atoms with Gasteiger partial charge in [0.05, 0.1) is 195 Å². The van der Waals surface area contributed by atoms with Crippen molar-refractivity contribution in [3.05, 3.63) is 164 Å². The summed E-state index contributed by atoms with van der Waals surface area (Å²) in [5, 5.41) is 0. The number of methoxy groups -OCH3 is 18. The standard InChI is InChI=1S/3C23H31NO6.2C7H8O3S.ClH/c3*1-24-9-8-15-13-19(27-4)22(29-6)23(30-7)20(15)16(24)10-14-11-17(25-2)21(28-5)18(12-14)26-3;2*1-6-2-4-7(5-3-6)11(8,9)10;/h3*11-13,16H,8-10H2,1-7H3;2*2-5H,1H3,(H,8,9,10);1H. The lowest BCUT2D eigenvalue weighted by Crippen LogP contribution is -3.10. The number of fused-ring (bicyclic) bond motifs is 3. The molecule has 0 fully saturated rings. The summed E-state index contributed by atoms with van der Waals surface area (Å²) in [7, 11) is 27.6. The minimum atomic E-state index is -4.27. The van der Waals surface area contributed by atoms with Crippen LogP contribution in [-0.2, 0) is 58.8 Å². The Labute approximate surface area is 671 Å². The van der Waals surface area contributed by atoms with Crippen molar-refractivity contribution < 1.29 is 138 Å². The monoisotopic (exact) mass is 1630 g/mol. The number of rotatable bonds is 26. The van der Waals surface area contributed by atoms with Crippen molar-refractivity contribution in [2.45, 2.75) is 80.3 Å². The van der Waals surface area contributed by atoms with Crippen LogP contribution in [0.25, 0.3) is 0 Å². The van der Waals surface area contributed by atoms with Crippen LogP contribution in [0.3, 0.4) is 0 Å². The molecule has 8 aromatic carbocycles. The third kappa shape index (κ3) is 21.7. The smallest absolute Gasteiger partial charge is 0.203 e. The average molecular weight is 1630 g/mol. The van der Waals surface area contributed by atoms with Gasteiger partial charge in [-0.2, -0.15) is 0 Å². The Morgan fingerprint density at radius 2 is 0.478 bits per heavy atom. The molecule has 11 rings (SSSR count). The number of likely N-dealkylation sites (N-methyl/N-ethyl adjacent to an activating group) is 3. The quantitative estimate of drug-likeness (QED) is 0.0596. The predicted octanol–water partition coefficient (Wildman–Crippen LogP) is 5.08. The Bertz CT molecular complexity index is 4210. The van der Waals surface area contributed by atoms with E-state index >= 15 is 0 Å². The minimum Gasteiger partial charge on any atom is -1.00 e. The number of ether oxygens (including phenoxy) is 18. The molecule has 0 saturated heterocycles. The average Bonchev–Trinajstić information content (AvgIpc) is 0.767. The SMILES string of the molecule is COc1cc(CC2c3c(cc(OC)c(OC)c3OC)CC[NH+]2C)cc(OC)c1OC.COc1cc(CC2c3c(cc(OC)c(OC)c3OC)CC[NH+]2C)cc(OC)c1OC.COc1cc(CC2c3c(cc(OC)c(OC)c3OC)CC[NH+]2C)cc(OC)c1OC.Cc1ccc(S(=O)(=O)[O-])cc1.Cc1ccc(S(=O)(=O)[O-])cc1.[Cl-]. The van der Waals surface area contributed by atoms with Gasteiger partial charge >= 0.3 is 0 Å². The van der Waals surface area contributed by atoms with Gasteiger partial charge in [0.2, 0.25) is 34.5 Å². The van der Waals surface area contributed by atoms with Crippen molar-refractivity contribution in [1.82, 2.24) is 0 Å². The van der Waals surface area contributed by atoms with Crippen molar-refractivity contribution in [1.29, 1.82) is 0 Å². The first kappa shape index (κ1) is 92.0. The molecule has 30 heteroatoms. The zero-order valence-electron chi connectivity index (χ0n) is 68.9. The van der Waals surface area contributed by atoms with Crippen molar-refractivity contribution in [3.63, 3.8) is 0 Å². The molecule has 0 saturated carbocycles.